The fourth-order valence-corrected chi connectivity index (χ4v) is 2.60. The van der Waals surface area contributed by atoms with Crippen molar-refractivity contribution in [1.82, 2.24) is 9.80 Å². The summed E-state index contributed by atoms with van der Waals surface area (Å²) in [6.45, 7) is 5.73. The van der Waals surface area contributed by atoms with Gasteiger partial charge in [-0.2, -0.15) is 0 Å². The number of hydrogen-bond acceptors (Lipinski definition) is 4. The summed E-state index contributed by atoms with van der Waals surface area (Å²) in [5, 5.41) is 0. The van der Waals surface area contributed by atoms with E-state index in [4.69, 9.17) is 18.0 Å². The van der Waals surface area contributed by atoms with Gasteiger partial charge in [-0.25, -0.2) is 4.39 Å². The second-order valence-corrected chi connectivity index (χ2v) is 6.10. The van der Waals surface area contributed by atoms with Crippen molar-refractivity contribution in [3.63, 3.8) is 0 Å². The van der Waals surface area contributed by atoms with Crippen molar-refractivity contribution in [1.29, 1.82) is 0 Å². The minimum absolute atomic E-state index is 0.231. The van der Waals surface area contributed by atoms with E-state index >= 15 is 0 Å². The Labute approximate surface area is 131 Å². The number of thiocarbonyl (C=S) groups is 1. The fourth-order valence-electron chi connectivity index (χ4n) is 2.47. The number of benzene rings is 1. The third-order valence-corrected chi connectivity index (χ3v) is 4.04. The van der Waals surface area contributed by atoms with Crippen LogP contribution in [0.4, 0.5) is 10.1 Å². The summed E-state index contributed by atoms with van der Waals surface area (Å²) in [7, 11) is 4.16. The highest BCUT2D eigenvalue weighted by atomic mass is 32.1. The van der Waals surface area contributed by atoms with Crippen LogP contribution in [-0.4, -0.2) is 68.2 Å². The van der Waals surface area contributed by atoms with Crippen molar-refractivity contribution < 1.29 is 4.39 Å². The molecule has 1 aromatic carbocycles. The molecule has 0 saturated carbocycles. The average Bonchev–Trinajstić information content (AvgIpc) is 2.45. The van der Waals surface area contributed by atoms with Crippen LogP contribution in [0.2, 0.25) is 0 Å². The molecule has 1 fully saturated rings. The van der Waals surface area contributed by atoms with E-state index in [1.54, 1.807) is 12.1 Å². The van der Waals surface area contributed by atoms with Gasteiger partial charge >= 0.3 is 0 Å². The molecule has 21 heavy (non-hydrogen) atoms. The number of anilines is 1. The molecule has 0 bridgehead atoms. The Balaban J connectivity index is 1.94. The molecule has 0 unspecified atom stereocenters. The van der Waals surface area contributed by atoms with Gasteiger partial charge in [0.1, 0.15) is 10.8 Å². The van der Waals surface area contributed by atoms with E-state index in [-0.39, 0.29) is 10.8 Å². The molecule has 1 heterocycles. The van der Waals surface area contributed by atoms with E-state index in [0.29, 0.717) is 11.3 Å². The van der Waals surface area contributed by atoms with Gasteiger partial charge in [-0.1, -0.05) is 12.2 Å². The number of halogens is 1. The first-order valence-electron chi connectivity index (χ1n) is 7.19. The molecule has 0 amide bonds. The summed E-state index contributed by atoms with van der Waals surface area (Å²) in [5.41, 5.74) is 6.75. The Bertz CT molecular complexity index is 498. The van der Waals surface area contributed by atoms with Gasteiger partial charge in [-0.05, 0) is 32.3 Å². The van der Waals surface area contributed by atoms with Gasteiger partial charge in [0.25, 0.3) is 0 Å². The maximum Gasteiger partial charge on any atom is 0.147 e. The fraction of sp³-hybridized carbons (Fsp3) is 0.533. The van der Waals surface area contributed by atoms with Crippen LogP contribution in [-0.2, 0) is 0 Å². The third kappa shape index (κ3) is 4.36. The lowest BCUT2D eigenvalue weighted by Crippen LogP contribution is -2.48. The Hall–Kier alpha value is -1.24. The van der Waals surface area contributed by atoms with Crippen molar-refractivity contribution in [2.24, 2.45) is 5.73 Å². The summed E-state index contributed by atoms with van der Waals surface area (Å²) in [5.74, 6) is -0.248. The Morgan fingerprint density at radius 1 is 1.29 bits per heavy atom. The van der Waals surface area contributed by atoms with Crippen molar-refractivity contribution in [3.8, 4) is 0 Å². The first-order valence-corrected chi connectivity index (χ1v) is 7.59. The number of piperazine rings is 1. The maximum absolute atomic E-state index is 14.2. The van der Waals surface area contributed by atoms with Crippen LogP contribution in [0.1, 0.15) is 5.56 Å². The van der Waals surface area contributed by atoms with Gasteiger partial charge in [0.15, 0.2) is 0 Å². The number of nitrogens with zero attached hydrogens (tertiary/aromatic N) is 3. The SMILES string of the molecule is CN(C)CCN1CCN(c2ccc(C(N)=S)cc2F)CC1. The van der Waals surface area contributed by atoms with Gasteiger partial charge < -0.3 is 15.5 Å². The molecule has 0 spiro atoms. The number of nitrogens with two attached hydrogens (primary N) is 1. The summed E-state index contributed by atoms with van der Waals surface area (Å²) in [4.78, 5) is 6.91. The average molecular weight is 310 g/mol. The molecular weight excluding hydrogens is 287 g/mol. The minimum Gasteiger partial charge on any atom is -0.389 e. The second-order valence-electron chi connectivity index (χ2n) is 5.66. The smallest absolute Gasteiger partial charge is 0.147 e. The lowest BCUT2D eigenvalue weighted by Gasteiger charge is -2.36. The van der Waals surface area contributed by atoms with E-state index in [0.717, 1.165) is 39.3 Å². The molecule has 4 nitrogen and oxygen atoms in total. The topological polar surface area (TPSA) is 35.7 Å². The van der Waals surface area contributed by atoms with E-state index < -0.39 is 0 Å². The van der Waals surface area contributed by atoms with Crippen molar-refractivity contribution in [2.45, 2.75) is 0 Å². The zero-order chi connectivity index (χ0) is 15.4. The molecule has 6 heteroatoms. The van der Waals surface area contributed by atoms with Crippen molar-refractivity contribution >= 4 is 22.9 Å². The van der Waals surface area contributed by atoms with Crippen LogP contribution in [0.15, 0.2) is 18.2 Å². The first kappa shape index (κ1) is 16.1. The van der Waals surface area contributed by atoms with Gasteiger partial charge in [-0.15, -0.1) is 0 Å². The Morgan fingerprint density at radius 2 is 1.95 bits per heavy atom. The van der Waals surface area contributed by atoms with Gasteiger partial charge in [0.05, 0.1) is 5.69 Å². The second kappa shape index (κ2) is 7.15. The van der Waals surface area contributed by atoms with Crippen LogP contribution in [0.5, 0.6) is 0 Å². The third-order valence-electron chi connectivity index (χ3n) is 3.81. The number of rotatable bonds is 5. The van der Waals surface area contributed by atoms with E-state index in [1.165, 1.54) is 6.07 Å². The molecule has 1 aromatic rings. The standard InChI is InChI=1S/C15H23FN4S/c1-18(2)5-6-19-7-9-20(10-8-19)14-4-3-12(15(17)21)11-13(14)16/h3-4,11H,5-10H2,1-2H3,(H2,17,21). The van der Waals surface area contributed by atoms with E-state index in [9.17, 15) is 4.39 Å². The molecule has 1 aliphatic rings. The molecule has 0 radical (unpaired) electrons. The van der Waals surface area contributed by atoms with Gasteiger partial charge in [0.2, 0.25) is 0 Å². The highest BCUT2D eigenvalue weighted by molar-refractivity contribution is 7.80. The largest absolute Gasteiger partial charge is 0.389 e. The summed E-state index contributed by atoms with van der Waals surface area (Å²) in [6.07, 6.45) is 0. The normalized spacial score (nSPS) is 16.5. The van der Waals surface area contributed by atoms with E-state index in [2.05, 4.69) is 28.8 Å². The minimum atomic E-state index is -0.248. The highest BCUT2D eigenvalue weighted by Gasteiger charge is 2.19. The summed E-state index contributed by atoms with van der Waals surface area (Å²) >= 11 is 4.87. The molecule has 1 saturated heterocycles. The maximum atomic E-state index is 14.2. The van der Waals surface area contributed by atoms with Crippen LogP contribution < -0.4 is 10.6 Å². The van der Waals surface area contributed by atoms with Crippen molar-refractivity contribution in [2.75, 3.05) is 58.3 Å². The number of likely N-dealkylation sites (N-methyl/N-ethyl adjacent to an activating group) is 1. The van der Waals surface area contributed by atoms with Gasteiger partial charge in [-0.3, -0.25) is 4.90 Å². The van der Waals surface area contributed by atoms with E-state index in [1.807, 2.05) is 0 Å². The van der Waals surface area contributed by atoms with Crippen LogP contribution in [0.25, 0.3) is 0 Å². The predicted molar refractivity (Wildman–Crippen MR) is 89.5 cm³/mol. The molecule has 0 aliphatic carbocycles. The molecular formula is C15H23FN4S. The quantitative estimate of drug-likeness (QED) is 0.826. The highest BCUT2D eigenvalue weighted by Crippen LogP contribution is 2.22. The van der Waals surface area contributed by atoms with Crippen LogP contribution in [0.3, 0.4) is 0 Å². The Morgan fingerprint density at radius 3 is 2.48 bits per heavy atom. The summed E-state index contributed by atoms with van der Waals surface area (Å²) < 4.78 is 14.2. The predicted octanol–water partition coefficient (Wildman–Crippen LogP) is 1.14. The molecule has 1 aliphatic heterocycles. The molecule has 0 atom stereocenters. The van der Waals surface area contributed by atoms with Crippen LogP contribution in [0, 0.1) is 5.82 Å². The summed E-state index contributed by atoms with van der Waals surface area (Å²) in [6, 6.07) is 4.99. The molecule has 2 N–H and O–H groups in total. The monoisotopic (exact) mass is 310 g/mol. The van der Waals surface area contributed by atoms with Gasteiger partial charge in [0, 0.05) is 44.8 Å². The number of hydrogen-bond donors (Lipinski definition) is 1. The molecule has 116 valence electrons. The molecule has 2 rings (SSSR count). The zero-order valence-electron chi connectivity index (χ0n) is 12.7. The van der Waals surface area contributed by atoms with Crippen molar-refractivity contribution in [3.05, 3.63) is 29.6 Å². The van der Waals surface area contributed by atoms with Crippen LogP contribution >= 0.6 is 12.2 Å². The first-order chi connectivity index (χ1) is 9.97. The lowest BCUT2D eigenvalue weighted by atomic mass is 10.1. The zero-order valence-corrected chi connectivity index (χ0v) is 13.5. The lowest BCUT2D eigenvalue weighted by molar-refractivity contribution is 0.229. The Kier molecular flexibility index (Phi) is 5.50. The molecule has 0 aromatic heterocycles.